The van der Waals surface area contributed by atoms with Gasteiger partial charge in [0.25, 0.3) is 5.91 Å². The number of esters is 1. The Labute approximate surface area is 147 Å². The van der Waals surface area contributed by atoms with Crippen molar-refractivity contribution in [3.63, 3.8) is 0 Å². The maximum atomic E-state index is 12.2. The number of amides is 1. The number of carbonyl (C=O) groups is 2. The van der Waals surface area contributed by atoms with E-state index in [9.17, 15) is 13.8 Å². The summed E-state index contributed by atoms with van der Waals surface area (Å²) in [5.41, 5.74) is 1.13. The number of nitrogens with one attached hydrogen (secondary N) is 1. The van der Waals surface area contributed by atoms with Crippen LogP contribution in [0.4, 0.5) is 5.69 Å². The standard InChI is InChI=1S/C18H16N2O4S/c1-12(17(21)20-14-9-7-13(11-19)8-10-14)24-18(22)15-5-3-4-6-16(15)25(2)23/h3-10,12H,1-2H3,(H,20,21)/t12-,25-/m1/s1. The van der Waals surface area contributed by atoms with Gasteiger partial charge in [-0.3, -0.25) is 9.00 Å². The third-order valence-corrected chi connectivity index (χ3v) is 4.33. The summed E-state index contributed by atoms with van der Waals surface area (Å²) in [7, 11) is -1.35. The van der Waals surface area contributed by atoms with E-state index in [0.29, 0.717) is 16.1 Å². The van der Waals surface area contributed by atoms with Gasteiger partial charge in [0.15, 0.2) is 6.10 Å². The fraction of sp³-hybridized carbons (Fsp3) is 0.167. The summed E-state index contributed by atoms with van der Waals surface area (Å²) >= 11 is 0. The molecule has 0 aliphatic rings. The van der Waals surface area contributed by atoms with Crippen LogP contribution >= 0.6 is 0 Å². The summed E-state index contributed by atoms with van der Waals surface area (Å²) in [4.78, 5) is 24.7. The van der Waals surface area contributed by atoms with Crippen LogP contribution in [-0.2, 0) is 20.3 Å². The quantitative estimate of drug-likeness (QED) is 0.830. The van der Waals surface area contributed by atoms with Crippen LogP contribution in [0.2, 0.25) is 0 Å². The maximum absolute atomic E-state index is 12.2. The molecule has 0 aliphatic heterocycles. The van der Waals surface area contributed by atoms with Crippen molar-refractivity contribution in [2.45, 2.75) is 17.9 Å². The van der Waals surface area contributed by atoms with Crippen molar-refractivity contribution in [3.05, 3.63) is 59.7 Å². The van der Waals surface area contributed by atoms with Gasteiger partial charge >= 0.3 is 5.97 Å². The maximum Gasteiger partial charge on any atom is 0.340 e. The molecule has 2 aromatic rings. The lowest BCUT2D eigenvalue weighted by Gasteiger charge is -2.14. The lowest BCUT2D eigenvalue weighted by molar-refractivity contribution is -0.123. The number of ether oxygens (including phenoxy) is 1. The van der Waals surface area contributed by atoms with Gasteiger partial charge < -0.3 is 10.1 Å². The molecule has 0 unspecified atom stereocenters. The molecule has 0 heterocycles. The Morgan fingerprint density at radius 1 is 1.16 bits per heavy atom. The molecule has 25 heavy (non-hydrogen) atoms. The predicted molar refractivity (Wildman–Crippen MR) is 93.4 cm³/mol. The number of benzene rings is 2. The molecule has 1 amide bonds. The van der Waals surface area contributed by atoms with Crippen molar-refractivity contribution in [1.29, 1.82) is 5.26 Å². The SMILES string of the molecule is C[C@@H](OC(=O)c1ccccc1[S@@](C)=O)C(=O)Nc1ccc(C#N)cc1. The number of hydrogen-bond donors (Lipinski definition) is 1. The summed E-state index contributed by atoms with van der Waals surface area (Å²) in [6.45, 7) is 1.45. The van der Waals surface area contributed by atoms with Crippen LogP contribution in [0.15, 0.2) is 53.4 Å². The molecule has 0 spiro atoms. The highest BCUT2D eigenvalue weighted by atomic mass is 32.2. The average Bonchev–Trinajstić information content (AvgIpc) is 2.62. The molecule has 0 radical (unpaired) electrons. The Balaban J connectivity index is 2.04. The highest BCUT2D eigenvalue weighted by Crippen LogP contribution is 2.15. The molecular weight excluding hydrogens is 340 g/mol. The lowest BCUT2D eigenvalue weighted by Crippen LogP contribution is -2.30. The number of hydrogen-bond acceptors (Lipinski definition) is 5. The second-order valence-electron chi connectivity index (χ2n) is 5.18. The second-order valence-corrected chi connectivity index (χ2v) is 6.52. The van der Waals surface area contributed by atoms with Crippen molar-refractivity contribution < 1.29 is 18.5 Å². The molecule has 2 rings (SSSR count). The molecule has 0 aromatic heterocycles. The van der Waals surface area contributed by atoms with Crippen LogP contribution in [-0.4, -0.2) is 28.4 Å². The monoisotopic (exact) mass is 356 g/mol. The van der Waals surface area contributed by atoms with E-state index in [1.165, 1.54) is 19.2 Å². The van der Waals surface area contributed by atoms with Crippen molar-refractivity contribution in [2.75, 3.05) is 11.6 Å². The van der Waals surface area contributed by atoms with Crippen LogP contribution < -0.4 is 5.32 Å². The van der Waals surface area contributed by atoms with Crippen LogP contribution in [0, 0.1) is 11.3 Å². The zero-order valence-electron chi connectivity index (χ0n) is 13.7. The van der Waals surface area contributed by atoms with Crippen molar-refractivity contribution in [1.82, 2.24) is 0 Å². The van der Waals surface area contributed by atoms with Gasteiger partial charge in [0.1, 0.15) is 0 Å². The minimum Gasteiger partial charge on any atom is -0.449 e. The highest BCUT2D eigenvalue weighted by molar-refractivity contribution is 7.84. The highest BCUT2D eigenvalue weighted by Gasteiger charge is 2.21. The van der Waals surface area contributed by atoms with Crippen molar-refractivity contribution >= 4 is 28.4 Å². The van der Waals surface area contributed by atoms with Crippen molar-refractivity contribution in [2.24, 2.45) is 0 Å². The number of carbonyl (C=O) groups excluding carboxylic acids is 2. The molecule has 0 fully saturated rings. The molecule has 0 saturated heterocycles. The van der Waals surface area contributed by atoms with Gasteiger partial charge in [-0.05, 0) is 43.3 Å². The van der Waals surface area contributed by atoms with E-state index < -0.39 is 28.8 Å². The Kier molecular flexibility index (Phi) is 6.03. The Morgan fingerprint density at radius 3 is 2.40 bits per heavy atom. The smallest absolute Gasteiger partial charge is 0.340 e. The van der Waals surface area contributed by atoms with Gasteiger partial charge in [-0.15, -0.1) is 0 Å². The van der Waals surface area contributed by atoms with E-state index >= 15 is 0 Å². The first-order valence-corrected chi connectivity index (χ1v) is 8.92. The third kappa shape index (κ3) is 4.75. The second kappa shape index (κ2) is 8.22. The van der Waals surface area contributed by atoms with E-state index in [1.54, 1.807) is 42.5 Å². The molecular formula is C18H16N2O4S. The Bertz CT molecular complexity index is 856. The summed E-state index contributed by atoms with van der Waals surface area (Å²) in [6, 6.07) is 14.7. The Morgan fingerprint density at radius 2 is 1.80 bits per heavy atom. The van der Waals surface area contributed by atoms with E-state index in [1.807, 2.05) is 6.07 Å². The summed E-state index contributed by atoms with van der Waals surface area (Å²) in [5.74, 6) is -1.22. The van der Waals surface area contributed by atoms with Gasteiger partial charge in [-0.25, -0.2) is 4.79 Å². The van der Waals surface area contributed by atoms with Gasteiger partial charge in [0.05, 0.1) is 32.9 Å². The average molecular weight is 356 g/mol. The molecule has 6 nitrogen and oxygen atoms in total. The van der Waals surface area contributed by atoms with Gasteiger partial charge in [0.2, 0.25) is 0 Å². The fourth-order valence-corrected chi connectivity index (χ4v) is 2.77. The third-order valence-electron chi connectivity index (χ3n) is 3.35. The van der Waals surface area contributed by atoms with Gasteiger partial charge in [-0.2, -0.15) is 5.26 Å². The topological polar surface area (TPSA) is 96.3 Å². The van der Waals surface area contributed by atoms with Gasteiger partial charge in [0, 0.05) is 11.9 Å². The zero-order chi connectivity index (χ0) is 18.4. The molecule has 128 valence electrons. The number of nitrogens with zero attached hydrogens (tertiary/aromatic N) is 1. The van der Waals surface area contributed by atoms with E-state index in [4.69, 9.17) is 10.00 Å². The van der Waals surface area contributed by atoms with Crippen LogP contribution in [0.1, 0.15) is 22.8 Å². The molecule has 0 saturated carbocycles. The summed E-state index contributed by atoms with van der Waals surface area (Å²) in [5, 5.41) is 11.4. The van der Waals surface area contributed by atoms with Crippen LogP contribution in [0.5, 0.6) is 0 Å². The molecule has 2 aromatic carbocycles. The molecule has 0 aliphatic carbocycles. The molecule has 2 atom stereocenters. The molecule has 1 N–H and O–H groups in total. The summed E-state index contributed by atoms with van der Waals surface area (Å²) < 4.78 is 16.9. The first kappa shape index (κ1) is 18.4. The van der Waals surface area contributed by atoms with E-state index in [0.717, 1.165) is 0 Å². The normalized spacial score (nSPS) is 12.5. The first-order valence-electron chi connectivity index (χ1n) is 7.37. The lowest BCUT2D eigenvalue weighted by atomic mass is 10.2. The Hall–Kier alpha value is -2.98. The van der Waals surface area contributed by atoms with Gasteiger partial charge in [-0.1, -0.05) is 12.1 Å². The predicted octanol–water partition coefficient (Wildman–Crippen LogP) is 2.48. The van der Waals surface area contributed by atoms with E-state index in [-0.39, 0.29) is 5.56 Å². The number of anilines is 1. The zero-order valence-corrected chi connectivity index (χ0v) is 14.5. The minimum atomic E-state index is -1.35. The van der Waals surface area contributed by atoms with Crippen molar-refractivity contribution in [3.8, 4) is 6.07 Å². The van der Waals surface area contributed by atoms with Crippen LogP contribution in [0.25, 0.3) is 0 Å². The molecule has 7 heteroatoms. The fourth-order valence-electron chi connectivity index (χ4n) is 2.04. The molecule has 0 bridgehead atoms. The summed E-state index contributed by atoms with van der Waals surface area (Å²) in [6.07, 6.45) is 0.425. The largest absolute Gasteiger partial charge is 0.449 e. The first-order chi connectivity index (χ1) is 11.9. The number of nitriles is 1. The minimum absolute atomic E-state index is 0.168. The van der Waals surface area contributed by atoms with Crippen LogP contribution in [0.3, 0.4) is 0 Å². The number of rotatable bonds is 5. The van der Waals surface area contributed by atoms with E-state index in [2.05, 4.69) is 5.32 Å².